The van der Waals surface area contributed by atoms with Crippen LogP contribution in [0, 0.1) is 6.92 Å². The third-order valence-electron chi connectivity index (χ3n) is 3.53. The molecule has 0 heterocycles. The molecule has 0 aliphatic carbocycles. The Balaban J connectivity index is 2.07. The zero-order valence-corrected chi connectivity index (χ0v) is 13.8. The van der Waals surface area contributed by atoms with Crippen LogP contribution in [0.4, 0.5) is 0 Å². The minimum absolute atomic E-state index is 0.0484. The number of aryl methyl sites for hydroxylation is 1. The van der Waals surface area contributed by atoms with Crippen LogP contribution in [0.15, 0.2) is 53.4 Å². The molecule has 0 saturated carbocycles. The van der Waals surface area contributed by atoms with Gasteiger partial charge in [-0.3, -0.25) is 4.79 Å². The van der Waals surface area contributed by atoms with Gasteiger partial charge in [0.1, 0.15) is 0 Å². The quantitative estimate of drug-likeness (QED) is 0.875. The summed E-state index contributed by atoms with van der Waals surface area (Å²) in [5, 5.41) is 12.8. The molecule has 6 heteroatoms. The van der Waals surface area contributed by atoms with Crippen LogP contribution in [0.5, 0.6) is 0 Å². The van der Waals surface area contributed by atoms with E-state index >= 15 is 0 Å². The number of amides is 1. The molecule has 122 valence electrons. The fourth-order valence-electron chi connectivity index (χ4n) is 2.23. The Hall–Kier alpha value is -2.18. The minimum atomic E-state index is -3.37. The lowest BCUT2D eigenvalue weighted by Gasteiger charge is -2.14. The highest BCUT2D eigenvalue weighted by atomic mass is 32.2. The number of hydrogen-bond acceptors (Lipinski definition) is 4. The minimum Gasteiger partial charge on any atom is -0.387 e. The first-order valence-electron chi connectivity index (χ1n) is 7.11. The number of carbonyl (C=O) groups excluding carboxylic acids is 1. The molecule has 1 amide bonds. The van der Waals surface area contributed by atoms with E-state index in [1.165, 1.54) is 24.3 Å². The molecule has 0 radical (unpaired) electrons. The van der Waals surface area contributed by atoms with Gasteiger partial charge in [0.25, 0.3) is 5.91 Å². The van der Waals surface area contributed by atoms with Gasteiger partial charge in [-0.25, -0.2) is 8.42 Å². The van der Waals surface area contributed by atoms with Gasteiger partial charge >= 0.3 is 0 Å². The molecule has 0 aliphatic heterocycles. The maximum Gasteiger partial charge on any atom is 0.251 e. The van der Waals surface area contributed by atoms with Crippen LogP contribution in [0.1, 0.15) is 27.6 Å². The Kier molecular flexibility index (Phi) is 5.18. The summed E-state index contributed by atoms with van der Waals surface area (Å²) in [6.07, 6.45) is 0.268. The van der Waals surface area contributed by atoms with E-state index in [-0.39, 0.29) is 17.0 Å². The number of rotatable bonds is 5. The van der Waals surface area contributed by atoms with E-state index in [1.807, 2.05) is 25.1 Å². The Morgan fingerprint density at radius 3 is 2.52 bits per heavy atom. The molecule has 0 saturated heterocycles. The molecule has 0 spiro atoms. The van der Waals surface area contributed by atoms with Gasteiger partial charge in [-0.05, 0) is 36.2 Å². The normalized spacial score (nSPS) is 12.7. The average molecular weight is 333 g/mol. The molecule has 5 nitrogen and oxygen atoms in total. The lowest BCUT2D eigenvalue weighted by molar-refractivity contribution is 0.0915. The second-order valence-corrected chi connectivity index (χ2v) is 7.40. The molecule has 0 aliphatic rings. The molecule has 2 aromatic carbocycles. The first-order valence-corrected chi connectivity index (χ1v) is 9.00. The van der Waals surface area contributed by atoms with E-state index in [4.69, 9.17) is 0 Å². The van der Waals surface area contributed by atoms with E-state index < -0.39 is 21.8 Å². The van der Waals surface area contributed by atoms with Gasteiger partial charge in [0.05, 0.1) is 11.0 Å². The summed E-state index contributed by atoms with van der Waals surface area (Å²) in [6, 6.07) is 13.2. The molecule has 2 rings (SSSR count). The van der Waals surface area contributed by atoms with Crippen molar-refractivity contribution >= 4 is 15.7 Å². The van der Waals surface area contributed by atoms with Crippen molar-refractivity contribution in [1.29, 1.82) is 0 Å². The lowest BCUT2D eigenvalue weighted by atomic mass is 10.0. The number of nitrogens with one attached hydrogen (secondary N) is 1. The zero-order chi connectivity index (χ0) is 17.0. The van der Waals surface area contributed by atoms with Gasteiger partial charge in [0, 0.05) is 18.4 Å². The summed E-state index contributed by atoms with van der Waals surface area (Å²) in [5.41, 5.74) is 1.93. The van der Waals surface area contributed by atoms with E-state index in [9.17, 15) is 18.3 Å². The number of aliphatic hydroxyl groups is 1. The molecular weight excluding hydrogens is 314 g/mol. The standard InChI is InChI=1S/C17H19NO4S/c1-12-6-3-4-9-15(12)16(19)11-18-17(20)13-7-5-8-14(10-13)23(2,21)22/h3-10,16,19H,11H2,1-2H3,(H,18,20). The summed E-state index contributed by atoms with van der Waals surface area (Å²) < 4.78 is 23.0. The van der Waals surface area contributed by atoms with Crippen LogP contribution < -0.4 is 5.32 Å². The van der Waals surface area contributed by atoms with E-state index in [0.717, 1.165) is 17.4 Å². The largest absolute Gasteiger partial charge is 0.387 e. The highest BCUT2D eigenvalue weighted by molar-refractivity contribution is 7.90. The predicted octanol–water partition coefficient (Wildman–Crippen LogP) is 1.86. The maximum atomic E-state index is 12.1. The van der Waals surface area contributed by atoms with Crippen LogP contribution >= 0.6 is 0 Å². The second-order valence-electron chi connectivity index (χ2n) is 5.38. The summed E-state index contributed by atoms with van der Waals surface area (Å²) >= 11 is 0. The van der Waals surface area contributed by atoms with Crippen molar-refractivity contribution in [3.8, 4) is 0 Å². The zero-order valence-electron chi connectivity index (χ0n) is 13.0. The number of hydrogen-bond donors (Lipinski definition) is 2. The van der Waals surface area contributed by atoms with Gasteiger partial charge < -0.3 is 10.4 Å². The fourth-order valence-corrected chi connectivity index (χ4v) is 2.90. The van der Waals surface area contributed by atoms with Crippen LogP contribution in [0.2, 0.25) is 0 Å². The van der Waals surface area contributed by atoms with Crippen molar-refractivity contribution in [2.75, 3.05) is 12.8 Å². The Labute approximate surface area is 135 Å². The predicted molar refractivity (Wildman–Crippen MR) is 88.0 cm³/mol. The Morgan fingerprint density at radius 1 is 1.17 bits per heavy atom. The molecule has 23 heavy (non-hydrogen) atoms. The van der Waals surface area contributed by atoms with Gasteiger partial charge in [0.2, 0.25) is 0 Å². The Bertz CT molecular complexity index is 815. The third-order valence-corrected chi connectivity index (χ3v) is 4.64. The summed E-state index contributed by atoms with van der Waals surface area (Å²) in [4.78, 5) is 12.2. The average Bonchev–Trinajstić information content (AvgIpc) is 2.52. The number of aliphatic hydroxyl groups excluding tert-OH is 1. The molecular formula is C17H19NO4S. The van der Waals surface area contributed by atoms with E-state index in [0.29, 0.717) is 0 Å². The maximum absolute atomic E-state index is 12.1. The fraction of sp³-hybridized carbons (Fsp3) is 0.235. The van der Waals surface area contributed by atoms with Crippen LogP contribution in [0.25, 0.3) is 0 Å². The van der Waals surface area contributed by atoms with E-state index in [1.54, 1.807) is 6.07 Å². The highest BCUT2D eigenvalue weighted by Crippen LogP contribution is 2.17. The van der Waals surface area contributed by atoms with Crippen LogP contribution in [0.3, 0.4) is 0 Å². The lowest BCUT2D eigenvalue weighted by Crippen LogP contribution is -2.28. The van der Waals surface area contributed by atoms with Crippen LogP contribution in [-0.4, -0.2) is 32.2 Å². The molecule has 0 aromatic heterocycles. The summed E-state index contributed by atoms with van der Waals surface area (Å²) in [7, 11) is -3.37. The van der Waals surface area contributed by atoms with Gasteiger partial charge in [-0.15, -0.1) is 0 Å². The first kappa shape index (κ1) is 17.2. The molecule has 1 atom stereocenters. The van der Waals surface area contributed by atoms with Crippen molar-refractivity contribution < 1.29 is 18.3 Å². The first-order chi connectivity index (χ1) is 10.8. The van der Waals surface area contributed by atoms with Crippen molar-refractivity contribution in [1.82, 2.24) is 5.32 Å². The molecule has 0 fully saturated rings. The van der Waals surface area contributed by atoms with Gasteiger partial charge in [-0.1, -0.05) is 30.3 Å². The van der Waals surface area contributed by atoms with Crippen molar-refractivity contribution in [2.45, 2.75) is 17.9 Å². The van der Waals surface area contributed by atoms with Crippen LogP contribution in [-0.2, 0) is 9.84 Å². The summed E-state index contributed by atoms with van der Waals surface area (Å²) in [5.74, 6) is -0.428. The van der Waals surface area contributed by atoms with Crippen molar-refractivity contribution in [3.05, 3.63) is 65.2 Å². The monoisotopic (exact) mass is 333 g/mol. The summed E-state index contributed by atoms with van der Waals surface area (Å²) in [6.45, 7) is 1.93. The number of sulfone groups is 1. The van der Waals surface area contributed by atoms with Gasteiger partial charge in [0.15, 0.2) is 9.84 Å². The number of benzene rings is 2. The number of carbonyl (C=O) groups is 1. The smallest absolute Gasteiger partial charge is 0.251 e. The van der Waals surface area contributed by atoms with Crippen molar-refractivity contribution in [2.24, 2.45) is 0 Å². The molecule has 2 N–H and O–H groups in total. The third kappa shape index (κ3) is 4.40. The van der Waals surface area contributed by atoms with E-state index in [2.05, 4.69) is 5.32 Å². The molecule has 1 unspecified atom stereocenters. The topological polar surface area (TPSA) is 83.5 Å². The molecule has 2 aromatic rings. The highest BCUT2D eigenvalue weighted by Gasteiger charge is 2.14. The van der Waals surface area contributed by atoms with Crippen molar-refractivity contribution in [3.63, 3.8) is 0 Å². The second kappa shape index (κ2) is 6.93. The Morgan fingerprint density at radius 2 is 1.87 bits per heavy atom. The van der Waals surface area contributed by atoms with Gasteiger partial charge in [-0.2, -0.15) is 0 Å². The molecule has 0 bridgehead atoms. The SMILES string of the molecule is Cc1ccccc1C(O)CNC(=O)c1cccc(S(C)(=O)=O)c1.